The van der Waals surface area contributed by atoms with Crippen LogP contribution in [0.25, 0.3) is 10.2 Å². The first-order valence-electron chi connectivity index (χ1n) is 14.0. The lowest BCUT2D eigenvalue weighted by Crippen LogP contribution is -2.38. The number of carbonyl (C=O) groups excluding carboxylic acids is 1. The standard InChI is InChI=1S/C31H33FN4O6S2/c1-35(23-8-6-5-7-9-23)44(38,39)24-13-10-21(11-14-24)30(37)36(31-34-25-15-12-22(32)18-28(25)43-31)33-19-20-16-26(40-2)29(42-4)27(17-20)41-3/h10-19,23H,5-9H2,1-4H3/b33-19+. The highest BCUT2D eigenvalue weighted by molar-refractivity contribution is 7.89. The van der Waals surface area contributed by atoms with Crippen molar-refractivity contribution >= 4 is 48.8 Å². The Bertz CT molecular complexity index is 1760. The second-order valence-corrected chi connectivity index (χ2v) is 13.3. The molecule has 1 saturated carbocycles. The summed E-state index contributed by atoms with van der Waals surface area (Å²) in [6.45, 7) is 0. The Morgan fingerprint density at radius 2 is 1.64 bits per heavy atom. The number of hydrogen-bond acceptors (Lipinski definition) is 9. The van der Waals surface area contributed by atoms with Gasteiger partial charge in [-0.3, -0.25) is 4.79 Å². The maximum atomic E-state index is 13.9. The predicted octanol–water partition coefficient (Wildman–Crippen LogP) is 6.10. The number of fused-ring (bicyclic) bond motifs is 1. The first-order chi connectivity index (χ1) is 21.2. The van der Waals surface area contributed by atoms with Crippen LogP contribution in [-0.4, -0.2) is 64.2 Å². The van der Waals surface area contributed by atoms with E-state index in [9.17, 15) is 17.6 Å². The molecule has 3 aromatic carbocycles. The smallest absolute Gasteiger partial charge is 0.280 e. The number of aromatic nitrogens is 1. The van der Waals surface area contributed by atoms with Crippen molar-refractivity contribution in [1.82, 2.24) is 9.29 Å². The number of rotatable bonds is 10. The van der Waals surface area contributed by atoms with Gasteiger partial charge in [0.1, 0.15) is 5.82 Å². The number of amides is 1. The van der Waals surface area contributed by atoms with Crippen molar-refractivity contribution in [2.75, 3.05) is 33.4 Å². The van der Waals surface area contributed by atoms with E-state index in [0.717, 1.165) is 48.4 Å². The van der Waals surface area contributed by atoms with Crippen LogP contribution in [0.4, 0.5) is 9.52 Å². The SMILES string of the molecule is COc1cc(/C=N/N(C(=O)c2ccc(S(=O)(=O)N(C)C3CCCCC3)cc2)c2nc3ccc(F)cc3s2)cc(OC)c1OC. The lowest BCUT2D eigenvalue weighted by Gasteiger charge is -2.30. The zero-order chi connectivity index (χ0) is 31.4. The molecule has 44 heavy (non-hydrogen) atoms. The van der Waals surface area contributed by atoms with Crippen LogP contribution in [0.3, 0.4) is 0 Å². The summed E-state index contributed by atoms with van der Waals surface area (Å²) in [5.41, 5.74) is 1.23. The number of thiazole rings is 1. The van der Waals surface area contributed by atoms with Crippen LogP contribution in [0.1, 0.15) is 48.0 Å². The van der Waals surface area contributed by atoms with E-state index >= 15 is 0 Å². The van der Waals surface area contributed by atoms with Gasteiger partial charge in [-0.15, -0.1) is 0 Å². The molecule has 0 N–H and O–H groups in total. The fourth-order valence-corrected chi connectivity index (χ4v) is 7.53. The molecule has 1 aromatic heterocycles. The van der Waals surface area contributed by atoms with Crippen LogP contribution in [0.15, 0.2) is 64.6 Å². The summed E-state index contributed by atoms with van der Waals surface area (Å²) in [4.78, 5) is 18.5. The van der Waals surface area contributed by atoms with E-state index in [1.54, 1.807) is 19.2 Å². The molecule has 232 valence electrons. The van der Waals surface area contributed by atoms with Crippen LogP contribution < -0.4 is 19.2 Å². The molecule has 0 spiro atoms. The monoisotopic (exact) mass is 640 g/mol. The molecule has 0 unspecified atom stereocenters. The number of nitrogens with zero attached hydrogens (tertiary/aromatic N) is 4. The van der Waals surface area contributed by atoms with Crippen molar-refractivity contribution in [1.29, 1.82) is 0 Å². The molecule has 0 radical (unpaired) electrons. The fourth-order valence-electron chi connectivity index (χ4n) is 5.16. The minimum absolute atomic E-state index is 0.0426. The van der Waals surface area contributed by atoms with Gasteiger partial charge in [-0.2, -0.15) is 14.4 Å². The van der Waals surface area contributed by atoms with E-state index in [4.69, 9.17) is 14.2 Å². The van der Waals surface area contributed by atoms with Gasteiger partial charge in [-0.25, -0.2) is 17.8 Å². The summed E-state index contributed by atoms with van der Waals surface area (Å²) in [5, 5.41) is 5.76. The normalized spacial score (nSPS) is 14.3. The first-order valence-corrected chi connectivity index (χ1v) is 16.2. The minimum Gasteiger partial charge on any atom is -0.493 e. The molecule has 1 heterocycles. The lowest BCUT2D eigenvalue weighted by molar-refractivity contribution is 0.0987. The molecule has 4 aromatic rings. The number of benzene rings is 3. The first kappa shape index (κ1) is 31.4. The molecule has 5 rings (SSSR count). The fraction of sp³-hybridized carbons (Fsp3) is 0.323. The maximum absolute atomic E-state index is 13.9. The molecule has 1 amide bonds. The van der Waals surface area contributed by atoms with Gasteiger partial charge in [0, 0.05) is 24.2 Å². The van der Waals surface area contributed by atoms with E-state index in [0.29, 0.717) is 33.0 Å². The second kappa shape index (κ2) is 13.3. The van der Waals surface area contributed by atoms with Gasteiger partial charge in [-0.1, -0.05) is 30.6 Å². The second-order valence-electron chi connectivity index (χ2n) is 10.3. The van der Waals surface area contributed by atoms with Gasteiger partial charge < -0.3 is 14.2 Å². The molecule has 0 saturated heterocycles. The predicted molar refractivity (Wildman–Crippen MR) is 168 cm³/mol. The Labute approximate surface area is 259 Å². The average molecular weight is 641 g/mol. The number of ether oxygens (including phenoxy) is 3. The van der Waals surface area contributed by atoms with Crippen LogP contribution in [0.5, 0.6) is 17.2 Å². The van der Waals surface area contributed by atoms with Gasteiger partial charge >= 0.3 is 0 Å². The zero-order valence-electron chi connectivity index (χ0n) is 24.8. The Balaban J connectivity index is 1.49. The maximum Gasteiger partial charge on any atom is 0.280 e. The Hall–Kier alpha value is -4.07. The van der Waals surface area contributed by atoms with Gasteiger partial charge in [0.2, 0.25) is 20.9 Å². The van der Waals surface area contributed by atoms with E-state index in [1.807, 2.05) is 0 Å². The van der Waals surface area contributed by atoms with Gasteiger partial charge in [0.25, 0.3) is 5.91 Å². The average Bonchev–Trinajstić information content (AvgIpc) is 3.47. The molecule has 13 heteroatoms. The highest BCUT2D eigenvalue weighted by atomic mass is 32.2. The third kappa shape index (κ3) is 6.40. The molecule has 0 atom stereocenters. The number of anilines is 1. The Kier molecular flexibility index (Phi) is 9.47. The third-order valence-corrected chi connectivity index (χ3v) is 10.5. The summed E-state index contributed by atoms with van der Waals surface area (Å²) >= 11 is 1.09. The minimum atomic E-state index is -3.74. The van der Waals surface area contributed by atoms with Crippen molar-refractivity contribution in [2.24, 2.45) is 5.10 Å². The van der Waals surface area contributed by atoms with Crippen molar-refractivity contribution in [3.8, 4) is 17.2 Å². The molecular weight excluding hydrogens is 607 g/mol. The summed E-state index contributed by atoms with van der Waals surface area (Å²) in [7, 11) is 2.35. The summed E-state index contributed by atoms with van der Waals surface area (Å²) in [6, 6.07) is 13.2. The van der Waals surface area contributed by atoms with Crippen molar-refractivity contribution in [2.45, 2.75) is 43.0 Å². The third-order valence-electron chi connectivity index (χ3n) is 7.59. The van der Waals surface area contributed by atoms with Gasteiger partial charge in [0.15, 0.2) is 11.5 Å². The molecule has 10 nitrogen and oxygen atoms in total. The van der Waals surface area contributed by atoms with Crippen molar-refractivity contribution < 1.29 is 31.8 Å². The van der Waals surface area contributed by atoms with Gasteiger partial charge in [-0.05, 0) is 67.4 Å². The number of hydrazone groups is 1. The van der Waals surface area contributed by atoms with Crippen molar-refractivity contribution in [3.05, 3.63) is 71.5 Å². The van der Waals surface area contributed by atoms with Crippen LogP contribution >= 0.6 is 11.3 Å². The topological polar surface area (TPSA) is 111 Å². The molecule has 1 aliphatic rings. The van der Waals surface area contributed by atoms with Crippen LogP contribution in [0, 0.1) is 5.82 Å². The largest absolute Gasteiger partial charge is 0.493 e. The molecule has 1 aliphatic carbocycles. The number of halogens is 1. The molecule has 0 aliphatic heterocycles. The highest BCUT2D eigenvalue weighted by Gasteiger charge is 2.30. The van der Waals surface area contributed by atoms with E-state index < -0.39 is 21.7 Å². The van der Waals surface area contributed by atoms with E-state index in [1.165, 1.54) is 74.3 Å². The van der Waals surface area contributed by atoms with Gasteiger partial charge in [0.05, 0.1) is 42.7 Å². The quantitative estimate of drug-likeness (QED) is 0.152. The Morgan fingerprint density at radius 1 is 0.977 bits per heavy atom. The molecule has 1 fully saturated rings. The number of carbonyl (C=O) groups is 1. The zero-order valence-corrected chi connectivity index (χ0v) is 26.5. The lowest BCUT2D eigenvalue weighted by atomic mass is 9.96. The van der Waals surface area contributed by atoms with E-state index in [2.05, 4.69) is 10.1 Å². The number of hydrogen-bond donors (Lipinski definition) is 0. The summed E-state index contributed by atoms with van der Waals surface area (Å²) < 4.78 is 58.8. The summed E-state index contributed by atoms with van der Waals surface area (Å²) in [6.07, 6.45) is 6.22. The highest BCUT2D eigenvalue weighted by Crippen LogP contribution is 2.38. The van der Waals surface area contributed by atoms with E-state index in [-0.39, 0.29) is 21.6 Å². The van der Waals surface area contributed by atoms with Crippen molar-refractivity contribution in [3.63, 3.8) is 0 Å². The Morgan fingerprint density at radius 3 is 2.25 bits per heavy atom. The number of sulfonamides is 1. The molecule has 0 bridgehead atoms. The van der Waals surface area contributed by atoms with Crippen LogP contribution in [0.2, 0.25) is 0 Å². The summed E-state index contributed by atoms with van der Waals surface area (Å²) in [5.74, 6) is 0.213. The molecular formula is C31H33FN4O6S2. The number of methoxy groups -OCH3 is 3. The van der Waals surface area contributed by atoms with Crippen LogP contribution in [-0.2, 0) is 10.0 Å².